The van der Waals surface area contributed by atoms with E-state index in [2.05, 4.69) is 26.7 Å². The van der Waals surface area contributed by atoms with Crippen LogP contribution in [0.15, 0.2) is 61.1 Å². The fourth-order valence-electron chi connectivity index (χ4n) is 3.31. The molecule has 2 aromatic carbocycles. The molecule has 0 aliphatic rings. The summed E-state index contributed by atoms with van der Waals surface area (Å²) in [5.74, 6) is -1.27. The van der Waals surface area contributed by atoms with E-state index < -0.39 is 11.6 Å². The minimum atomic E-state index is -0.633. The van der Waals surface area contributed by atoms with Gasteiger partial charge in [0.2, 0.25) is 0 Å². The lowest BCUT2D eigenvalue weighted by molar-refractivity contribution is 0.589. The number of anilines is 3. The Hall–Kier alpha value is -3.41. The molecule has 4 rings (SSSR count). The highest BCUT2D eigenvalue weighted by Gasteiger charge is 2.12. The Morgan fingerprint density at radius 2 is 1.75 bits per heavy atom. The maximum atomic E-state index is 14.4. The van der Waals surface area contributed by atoms with Crippen molar-refractivity contribution in [2.75, 3.05) is 17.2 Å². The van der Waals surface area contributed by atoms with E-state index in [-0.39, 0.29) is 5.69 Å². The lowest BCUT2D eigenvalue weighted by Crippen LogP contribution is -2.08. The standard InChI is InChI=1S/C22H20F2N4/c1-14-3-2-4-18-15(13-27-21(14)18)5-10-26-22-19(23)11-17(12-20(22)24)28-16-6-8-25-9-7-16/h2-4,6-9,11-13,26-27H,5,10H2,1H3,(H,25,28). The molecule has 142 valence electrons. The molecule has 2 aromatic heterocycles. The van der Waals surface area contributed by atoms with Crippen molar-refractivity contribution in [2.24, 2.45) is 0 Å². The van der Waals surface area contributed by atoms with E-state index in [1.807, 2.05) is 25.3 Å². The van der Waals surface area contributed by atoms with Gasteiger partial charge in [0, 0.05) is 47.4 Å². The van der Waals surface area contributed by atoms with Crippen molar-refractivity contribution in [3.8, 4) is 0 Å². The summed E-state index contributed by atoms with van der Waals surface area (Å²) < 4.78 is 28.8. The summed E-state index contributed by atoms with van der Waals surface area (Å²) in [7, 11) is 0. The molecule has 3 N–H and O–H groups in total. The largest absolute Gasteiger partial charge is 0.380 e. The molecule has 0 bridgehead atoms. The van der Waals surface area contributed by atoms with Crippen molar-refractivity contribution in [3.05, 3.63) is 83.8 Å². The first-order valence-corrected chi connectivity index (χ1v) is 9.07. The number of halogens is 2. The number of rotatable bonds is 6. The highest BCUT2D eigenvalue weighted by Crippen LogP contribution is 2.26. The van der Waals surface area contributed by atoms with Crippen LogP contribution in [0.1, 0.15) is 11.1 Å². The average Bonchev–Trinajstić information content (AvgIpc) is 3.09. The van der Waals surface area contributed by atoms with Crippen molar-refractivity contribution >= 4 is 28.0 Å². The number of hydrogen-bond acceptors (Lipinski definition) is 3. The Bertz CT molecular complexity index is 1080. The van der Waals surface area contributed by atoms with Crippen LogP contribution < -0.4 is 10.6 Å². The summed E-state index contributed by atoms with van der Waals surface area (Å²) in [5.41, 5.74) is 4.33. The molecule has 0 saturated carbocycles. The smallest absolute Gasteiger partial charge is 0.151 e. The topological polar surface area (TPSA) is 52.7 Å². The van der Waals surface area contributed by atoms with Crippen LogP contribution in [0.4, 0.5) is 25.8 Å². The number of H-pyrrole nitrogens is 1. The van der Waals surface area contributed by atoms with Crippen LogP contribution in [0.2, 0.25) is 0 Å². The lowest BCUT2D eigenvalue weighted by atomic mass is 10.1. The zero-order valence-electron chi connectivity index (χ0n) is 15.4. The van der Waals surface area contributed by atoms with Gasteiger partial charge in [0.25, 0.3) is 0 Å². The number of hydrogen-bond donors (Lipinski definition) is 3. The first-order valence-electron chi connectivity index (χ1n) is 9.07. The van der Waals surface area contributed by atoms with E-state index in [4.69, 9.17) is 0 Å². The van der Waals surface area contributed by atoms with Crippen LogP contribution in [0, 0.1) is 18.6 Å². The van der Waals surface area contributed by atoms with Crippen LogP contribution in [0.3, 0.4) is 0 Å². The van der Waals surface area contributed by atoms with Gasteiger partial charge in [-0.1, -0.05) is 18.2 Å². The van der Waals surface area contributed by atoms with E-state index in [1.165, 1.54) is 17.7 Å². The predicted molar refractivity (Wildman–Crippen MR) is 109 cm³/mol. The van der Waals surface area contributed by atoms with E-state index in [0.29, 0.717) is 24.3 Å². The molecule has 4 aromatic rings. The normalized spacial score (nSPS) is 11.0. The van der Waals surface area contributed by atoms with Crippen molar-refractivity contribution in [1.29, 1.82) is 0 Å². The van der Waals surface area contributed by atoms with E-state index in [9.17, 15) is 8.78 Å². The van der Waals surface area contributed by atoms with E-state index in [1.54, 1.807) is 24.5 Å². The minimum Gasteiger partial charge on any atom is -0.380 e. The van der Waals surface area contributed by atoms with Crippen LogP contribution in [-0.4, -0.2) is 16.5 Å². The second-order valence-corrected chi connectivity index (χ2v) is 6.66. The first-order chi connectivity index (χ1) is 13.6. The molecule has 0 spiro atoms. The summed E-state index contributed by atoms with van der Waals surface area (Å²) in [6.45, 7) is 2.47. The molecule has 0 unspecified atom stereocenters. The van der Waals surface area contributed by atoms with Crippen molar-refractivity contribution in [2.45, 2.75) is 13.3 Å². The SMILES string of the molecule is Cc1cccc2c(CCNc3c(F)cc(Nc4ccncc4)cc3F)c[nH]c12. The minimum absolute atomic E-state index is 0.115. The number of aromatic amines is 1. The quantitative estimate of drug-likeness (QED) is 0.412. The van der Waals surface area contributed by atoms with E-state index in [0.717, 1.165) is 16.5 Å². The molecule has 0 saturated heterocycles. The number of pyridine rings is 1. The number of aromatic nitrogens is 2. The monoisotopic (exact) mass is 378 g/mol. The number of nitrogens with zero attached hydrogens (tertiary/aromatic N) is 1. The Morgan fingerprint density at radius 3 is 2.50 bits per heavy atom. The lowest BCUT2D eigenvalue weighted by Gasteiger charge is -2.12. The van der Waals surface area contributed by atoms with Crippen LogP contribution in [0.25, 0.3) is 10.9 Å². The summed E-state index contributed by atoms with van der Waals surface area (Å²) in [6, 6.07) is 12.1. The zero-order valence-corrected chi connectivity index (χ0v) is 15.4. The van der Waals surface area contributed by atoms with Gasteiger partial charge in [0.05, 0.1) is 0 Å². The van der Waals surface area contributed by atoms with Crippen molar-refractivity contribution < 1.29 is 8.78 Å². The second kappa shape index (κ2) is 7.68. The molecular formula is C22H20F2N4. The molecular weight excluding hydrogens is 358 g/mol. The molecule has 28 heavy (non-hydrogen) atoms. The third-order valence-electron chi connectivity index (χ3n) is 4.72. The first kappa shape index (κ1) is 18.0. The molecule has 6 heteroatoms. The molecule has 0 aliphatic carbocycles. The number of aryl methyl sites for hydroxylation is 1. The Labute approximate surface area is 161 Å². The van der Waals surface area contributed by atoms with Crippen LogP contribution in [0.5, 0.6) is 0 Å². The van der Waals surface area contributed by atoms with Gasteiger partial charge in [-0.05, 0) is 48.7 Å². The fraction of sp³-hybridized carbons (Fsp3) is 0.136. The maximum absolute atomic E-state index is 14.4. The highest BCUT2D eigenvalue weighted by atomic mass is 19.1. The summed E-state index contributed by atoms with van der Waals surface area (Å²) in [5, 5.41) is 6.99. The number of para-hydroxylation sites is 1. The summed E-state index contributed by atoms with van der Waals surface area (Å²) in [4.78, 5) is 7.18. The molecule has 0 radical (unpaired) electrons. The molecule has 0 aliphatic heterocycles. The van der Waals surface area contributed by atoms with Gasteiger partial charge in [-0.2, -0.15) is 0 Å². The van der Waals surface area contributed by atoms with Gasteiger partial charge in [0.1, 0.15) is 5.69 Å². The van der Waals surface area contributed by atoms with Gasteiger partial charge in [-0.3, -0.25) is 4.98 Å². The van der Waals surface area contributed by atoms with Gasteiger partial charge >= 0.3 is 0 Å². The summed E-state index contributed by atoms with van der Waals surface area (Å²) in [6.07, 6.45) is 5.82. The number of fused-ring (bicyclic) bond motifs is 1. The summed E-state index contributed by atoms with van der Waals surface area (Å²) >= 11 is 0. The Morgan fingerprint density at radius 1 is 1.00 bits per heavy atom. The molecule has 0 amide bonds. The van der Waals surface area contributed by atoms with Gasteiger partial charge < -0.3 is 15.6 Å². The molecule has 4 nitrogen and oxygen atoms in total. The Kier molecular flexibility index (Phi) is 4.93. The fourth-order valence-corrected chi connectivity index (χ4v) is 3.31. The molecule has 0 fully saturated rings. The highest BCUT2D eigenvalue weighted by molar-refractivity contribution is 5.85. The van der Waals surface area contributed by atoms with Crippen LogP contribution in [-0.2, 0) is 6.42 Å². The third kappa shape index (κ3) is 3.67. The third-order valence-corrected chi connectivity index (χ3v) is 4.72. The number of benzene rings is 2. The van der Waals surface area contributed by atoms with Gasteiger partial charge in [-0.25, -0.2) is 8.78 Å². The Balaban J connectivity index is 1.45. The van der Waals surface area contributed by atoms with Crippen LogP contribution >= 0.6 is 0 Å². The predicted octanol–water partition coefficient (Wildman–Crippen LogP) is 5.55. The van der Waals surface area contributed by atoms with Crippen molar-refractivity contribution in [3.63, 3.8) is 0 Å². The van der Waals surface area contributed by atoms with Gasteiger partial charge in [0.15, 0.2) is 11.6 Å². The second-order valence-electron chi connectivity index (χ2n) is 6.66. The van der Waals surface area contributed by atoms with Crippen molar-refractivity contribution in [1.82, 2.24) is 9.97 Å². The number of nitrogens with one attached hydrogen (secondary N) is 3. The zero-order chi connectivity index (χ0) is 19.5. The van der Waals surface area contributed by atoms with Gasteiger partial charge in [-0.15, -0.1) is 0 Å². The van der Waals surface area contributed by atoms with E-state index >= 15 is 0 Å². The molecule has 2 heterocycles. The maximum Gasteiger partial charge on any atom is 0.151 e. The average molecular weight is 378 g/mol. The molecule has 0 atom stereocenters.